The molecule has 1 atom stereocenters. The first-order chi connectivity index (χ1) is 8.17. The highest BCUT2D eigenvalue weighted by Crippen LogP contribution is 2.33. The predicted octanol–water partition coefficient (Wildman–Crippen LogP) is 0.708. The number of imide groups is 1. The lowest BCUT2D eigenvalue weighted by Crippen LogP contribution is -2.49. The van der Waals surface area contributed by atoms with E-state index in [1.807, 2.05) is 0 Å². The second-order valence-corrected chi connectivity index (χ2v) is 5.17. The van der Waals surface area contributed by atoms with Crippen LogP contribution >= 0.6 is 0 Å². The van der Waals surface area contributed by atoms with E-state index in [1.54, 1.807) is 0 Å². The molecule has 2 fully saturated rings. The summed E-state index contributed by atoms with van der Waals surface area (Å²) < 4.78 is 0. The summed E-state index contributed by atoms with van der Waals surface area (Å²) in [4.78, 5) is 24.6. The number of hydrogen-bond donors (Lipinski definition) is 2. The van der Waals surface area contributed by atoms with Crippen molar-refractivity contribution < 1.29 is 9.59 Å². The van der Waals surface area contributed by atoms with Crippen LogP contribution in [-0.2, 0) is 4.79 Å². The third-order valence-corrected chi connectivity index (χ3v) is 3.77. The van der Waals surface area contributed by atoms with Crippen molar-refractivity contribution in [2.45, 2.75) is 32.6 Å². The van der Waals surface area contributed by atoms with Gasteiger partial charge < -0.3 is 10.6 Å². The Balaban J connectivity index is 2.06. The smallest absolute Gasteiger partial charge is 0.324 e. The van der Waals surface area contributed by atoms with Crippen molar-refractivity contribution in [1.29, 1.82) is 0 Å². The summed E-state index contributed by atoms with van der Waals surface area (Å²) in [6, 6.07) is -0.226. The monoisotopic (exact) mass is 239 g/mol. The Morgan fingerprint density at radius 3 is 2.76 bits per heavy atom. The molecule has 5 heteroatoms. The van der Waals surface area contributed by atoms with Crippen LogP contribution in [0.3, 0.4) is 0 Å². The van der Waals surface area contributed by atoms with E-state index in [0.717, 1.165) is 38.8 Å². The normalized spacial score (nSPS) is 29.6. The van der Waals surface area contributed by atoms with Gasteiger partial charge in [-0.25, -0.2) is 4.79 Å². The van der Waals surface area contributed by atoms with E-state index in [9.17, 15) is 9.59 Å². The molecule has 2 rings (SSSR count). The van der Waals surface area contributed by atoms with Gasteiger partial charge in [0, 0.05) is 18.5 Å². The van der Waals surface area contributed by atoms with Gasteiger partial charge in [-0.3, -0.25) is 9.69 Å². The van der Waals surface area contributed by atoms with Crippen molar-refractivity contribution in [2.24, 2.45) is 5.41 Å². The highest BCUT2D eigenvalue weighted by atomic mass is 16.2. The third-order valence-electron chi connectivity index (χ3n) is 3.77. The number of hydrogen-bond acceptors (Lipinski definition) is 3. The topological polar surface area (TPSA) is 61.4 Å². The summed E-state index contributed by atoms with van der Waals surface area (Å²) in [6.07, 6.45) is 4.39. The van der Waals surface area contributed by atoms with Crippen LogP contribution in [0.15, 0.2) is 0 Å². The zero-order valence-corrected chi connectivity index (χ0v) is 10.4. The Morgan fingerprint density at radius 2 is 2.24 bits per heavy atom. The van der Waals surface area contributed by atoms with Crippen molar-refractivity contribution in [3.05, 3.63) is 0 Å². The van der Waals surface area contributed by atoms with Crippen LogP contribution in [0.4, 0.5) is 4.79 Å². The molecule has 0 aromatic rings. The molecule has 2 N–H and O–H groups in total. The fraction of sp³-hybridized carbons (Fsp3) is 0.833. The molecule has 0 saturated carbocycles. The number of rotatable bonds is 4. The Kier molecular flexibility index (Phi) is 3.66. The number of carbonyl (C=O) groups excluding carboxylic acids is 2. The van der Waals surface area contributed by atoms with Gasteiger partial charge in [0.1, 0.15) is 0 Å². The SMILES string of the molecule is CCCC1(CN2C(=O)CNC2=O)CCCNC1. The predicted molar refractivity (Wildman–Crippen MR) is 64.6 cm³/mol. The Morgan fingerprint density at radius 1 is 1.41 bits per heavy atom. The fourth-order valence-electron chi connectivity index (χ4n) is 2.94. The first-order valence-electron chi connectivity index (χ1n) is 6.46. The molecule has 5 nitrogen and oxygen atoms in total. The third kappa shape index (κ3) is 2.60. The highest BCUT2D eigenvalue weighted by Gasteiger charge is 2.38. The van der Waals surface area contributed by atoms with Crippen molar-refractivity contribution in [3.63, 3.8) is 0 Å². The maximum atomic E-state index is 11.6. The van der Waals surface area contributed by atoms with Gasteiger partial charge in [0.2, 0.25) is 5.91 Å². The van der Waals surface area contributed by atoms with Crippen LogP contribution in [0.5, 0.6) is 0 Å². The minimum Gasteiger partial charge on any atom is -0.329 e. The van der Waals surface area contributed by atoms with Gasteiger partial charge in [-0.2, -0.15) is 0 Å². The number of nitrogens with one attached hydrogen (secondary N) is 2. The Bertz CT molecular complexity index is 289. The van der Waals surface area contributed by atoms with E-state index in [1.165, 1.54) is 4.90 Å². The molecule has 2 aliphatic heterocycles. The number of amides is 3. The second kappa shape index (κ2) is 5.04. The summed E-state index contributed by atoms with van der Waals surface area (Å²) in [6.45, 7) is 4.85. The van der Waals surface area contributed by atoms with Crippen LogP contribution in [0, 0.1) is 5.41 Å². The van der Waals surface area contributed by atoms with E-state index in [2.05, 4.69) is 17.6 Å². The van der Waals surface area contributed by atoms with Crippen molar-refractivity contribution in [1.82, 2.24) is 15.5 Å². The molecule has 2 saturated heterocycles. The number of urea groups is 1. The van der Waals surface area contributed by atoms with Gasteiger partial charge in [-0.15, -0.1) is 0 Å². The molecule has 0 bridgehead atoms. The van der Waals surface area contributed by atoms with Gasteiger partial charge in [0.15, 0.2) is 0 Å². The lowest BCUT2D eigenvalue weighted by molar-refractivity contribution is -0.126. The van der Waals surface area contributed by atoms with Crippen molar-refractivity contribution >= 4 is 11.9 Å². The molecule has 0 aromatic heterocycles. The van der Waals surface area contributed by atoms with E-state index in [0.29, 0.717) is 6.54 Å². The van der Waals surface area contributed by atoms with Crippen LogP contribution in [-0.4, -0.2) is 43.0 Å². The van der Waals surface area contributed by atoms with Crippen LogP contribution < -0.4 is 10.6 Å². The number of piperidine rings is 1. The van der Waals surface area contributed by atoms with Gasteiger partial charge in [0.25, 0.3) is 0 Å². The summed E-state index contributed by atoms with van der Waals surface area (Å²) in [7, 11) is 0. The average Bonchev–Trinajstić information content (AvgIpc) is 2.62. The summed E-state index contributed by atoms with van der Waals surface area (Å²) in [5, 5.41) is 5.98. The molecular weight excluding hydrogens is 218 g/mol. The van der Waals surface area contributed by atoms with Crippen molar-refractivity contribution in [2.75, 3.05) is 26.2 Å². The molecule has 1 unspecified atom stereocenters. The van der Waals surface area contributed by atoms with E-state index in [4.69, 9.17) is 0 Å². The van der Waals surface area contributed by atoms with E-state index < -0.39 is 0 Å². The highest BCUT2D eigenvalue weighted by molar-refractivity contribution is 6.01. The first-order valence-corrected chi connectivity index (χ1v) is 6.46. The zero-order chi connectivity index (χ0) is 12.3. The van der Waals surface area contributed by atoms with E-state index in [-0.39, 0.29) is 23.9 Å². The summed E-state index contributed by atoms with van der Waals surface area (Å²) in [5.74, 6) is -0.0870. The lowest BCUT2D eigenvalue weighted by atomic mass is 9.76. The second-order valence-electron chi connectivity index (χ2n) is 5.17. The van der Waals surface area contributed by atoms with Crippen LogP contribution in [0.2, 0.25) is 0 Å². The number of nitrogens with zero attached hydrogens (tertiary/aromatic N) is 1. The maximum Gasteiger partial charge on any atom is 0.324 e. The molecule has 0 aliphatic carbocycles. The minimum atomic E-state index is -0.226. The van der Waals surface area contributed by atoms with Crippen LogP contribution in [0.1, 0.15) is 32.6 Å². The standard InChI is InChI=1S/C12H21N3O2/c1-2-4-12(5-3-6-13-8-12)9-15-10(16)7-14-11(15)17/h13H,2-9H2,1H3,(H,14,17). The van der Waals surface area contributed by atoms with E-state index >= 15 is 0 Å². The lowest BCUT2D eigenvalue weighted by Gasteiger charge is -2.39. The molecule has 0 radical (unpaired) electrons. The maximum absolute atomic E-state index is 11.6. The molecular formula is C12H21N3O2. The minimum absolute atomic E-state index is 0.0870. The summed E-state index contributed by atoms with van der Waals surface area (Å²) in [5.41, 5.74) is 0.0876. The molecule has 0 spiro atoms. The largest absolute Gasteiger partial charge is 0.329 e. The van der Waals surface area contributed by atoms with Gasteiger partial charge in [-0.1, -0.05) is 13.3 Å². The van der Waals surface area contributed by atoms with Gasteiger partial charge >= 0.3 is 6.03 Å². The van der Waals surface area contributed by atoms with Crippen molar-refractivity contribution in [3.8, 4) is 0 Å². The van der Waals surface area contributed by atoms with Gasteiger partial charge in [-0.05, 0) is 25.8 Å². The Labute approximate surface area is 102 Å². The molecule has 0 aromatic carbocycles. The quantitative estimate of drug-likeness (QED) is 0.710. The molecule has 2 heterocycles. The summed E-state index contributed by atoms with van der Waals surface area (Å²) >= 11 is 0. The fourth-order valence-corrected chi connectivity index (χ4v) is 2.94. The van der Waals surface area contributed by atoms with Gasteiger partial charge in [0.05, 0.1) is 6.54 Å². The molecule has 3 amide bonds. The molecule has 2 aliphatic rings. The average molecular weight is 239 g/mol. The first kappa shape index (κ1) is 12.4. The number of carbonyl (C=O) groups is 2. The molecule has 17 heavy (non-hydrogen) atoms. The Hall–Kier alpha value is -1.10. The molecule has 96 valence electrons. The zero-order valence-electron chi connectivity index (χ0n) is 10.4. The van der Waals surface area contributed by atoms with Crippen LogP contribution in [0.25, 0.3) is 0 Å².